The van der Waals surface area contributed by atoms with E-state index in [0.717, 1.165) is 12.0 Å². The van der Waals surface area contributed by atoms with Crippen molar-refractivity contribution in [2.24, 2.45) is 11.3 Å². The van der Waals surface area contributed by atoms with Crippen molar-refractivity contribution in [3.8, 4) is 0 Å². The zero-order valence-corrected chi connectivity index (χ0v) is 13.2. The Balaban J connectivity index is 2.51. The zero-order valence-electron chi connectivity index (χ0n) is 13.2. The first kappa shape index (κ1) is 14.3. The van der Waals surface area contributed by atoms with Crippen LogP contribution in [-0.4, -0.2) is 5.78 Å². The minimum absolute atomic E-state index is 0.160. The van der Waals surface area contributed by atoms with Crippen LogP contribution in [0.25, 0.3) is 0 Å². The van der Waals surface area contributed by atoms with E-state index in [4.69, 9.17) is 0 Å². The predicted octanol–water partition coefficient (Wildman–Crippen LogP) is 4.93. The molecule has 1 unspecified atom stereocenters. The van der Waals surface area contributed by atoms with Crippen LogP contribution < -0.4 is 0 Å². The first-order valence-electron chi connectivity index (χ1n) is 7.37. The number of rotatable bonds is 2. The van der Waals surface area contributed by atoms with E-state index < -0.39 is 0 Å². The van der Waals surface area contributed by atoms with Gasteiger partial charge in [0.25, 0.3) is 0 Å². The molecule has 0 amide bonds. The monoisotopic (exact) mass is 258 g/mol. The normalized spacial score (nSPS) is 21.7. The third-order valence-corrected chi connectivity index (χ3v) is 5.19. The Morgan fingerprint density at radius 1 is 1.11 bits per heavy atom. The maximum atomic E-state index is 13.0. The lowest BCUT2D eigenvalue weighted by Crippen LogP contribution is -2.27. The van der Waals surface area contributed by atoms with E-state index in [1.165, 1.54) is 35.1 Å². The van der Waals surface area contributed by atoms with Crippen LogP contribution in [0.2, 0.25) is 0 Å². The lowest BCUT2D eigenvalue weighted by Gasteiger charge is -2.27. The standard InChI is InChI=1S/C18H26O/c1-11-10-12(2)14(4)16(13(11)3)17(19)15-8-7-9-18(15,5)6/h10,15H,7-9H2,1-6H3. The van der Waals surface area contributed by atoms with Crippen molar-refractivity contribution in [1.29, 1.82) is 0 Å². The molecule has 0 heterocycles. The quantitative estimate of drug-likeness (QED) is 0.687. The van der Waals surface area contributed by atoms with Crippen molar-refractivity contribution in [3.63, 3.8) is 0 Å². The van der Waals surface area contributed by atoms with Crippen molar-refractivity contribution in [2.45, 2.75) is 60.8 Å². The van der Waals surface area contributed by atoms with Gasteiger partial charge in [0.1, 0.15) is 0 Å². The molecule has 1 aliphatic rings. The molecule has 104 valence electrons. The van der Waals surface area contributed by atoms with E-state index in [1.807, 2.05) is 0 Å². The van der Waals surface area contributed by atoms with Crippen molar-refractivity contribution >= 4 is 5.78 Å². The molecular weight excluding hydrogens is 232 g/mol. The van der Waals surface area contributed by atoms with Gasteiger partial charge in [-0.1, -0.05) is 26.3 Å². The highest BCUT2D eigenvalue weighted by molar-refractivity contribution is 6.01. The molecule has 1 atom stereocenters. The highest BCUT2D eigenvalue weighted by atomic mass is 16.1. The predicted molar refractivity (Wildman–Crippen MR) is 80.8 cm³/mol. The molecular formula is C18H26O. The van der Waals surface area contributed by atoms with Gasteiger partial charge in [-0.15, -0.1) is 0 Å². The van der Waals surface area contributed by atoms with E-state index >= 15 is 0 Å². The maximum absolute atomic E-state index is 13.0. The number of carbonyl (C=O) groups excluding carboxylic acids is 1. The summed E-state index contributed by atoms with van der Waals surface area (Å²) in [4.78, 5) is 13.0. The van der Waals surface area contributed by atoms with Gasteiger partial charge >= 0.3 is 0 Å². The number of hydrogen-bond donors (Lipinski definition) is 0. The molecule has 0 saturated heterocycles. The number of Topliss-reactive ketones (excluding diaryl/α,β-unsaturated/α-hetero) is 1. The average Bonchev–Trinajstić information content (AvgIpc) is 2.66. The Bertz CT molecular complexity index is 497. The number of ketones is 1. The summed E-state index contributed by atoms with van der Waals surface area (Å²) in [6.07, 6.45) is 3.41. The van der Waals surface area contributed by atoms with Gasteiger partial charge in [-0.3, -0.25) is 4.79 Å². The van der Waals surface area contributed by atoms with Gasteiger partial charge in [-0.05, 0) is 68.2 Å². The molecule has 19 heavy (non-hydrogen) atoms. The van der Waals surface area contributed by atoms with Crippen LogP contribution in [0.5, 0.6) is 0 Å². The Morgan fingerprint density at radius 2 is 1.63 bits per heavy atom. The second kappa shape index (κ2) is 4.77. The number of hydrogen-bond acceptors (Lipinski definition) is 1. The van der Waals surface area contributed by atoms with E-state index in [0.29, 0.717) is 5.78 Å². The molecule has 0 radical (unpaired) electrons. The van der Waals surface area contributed by atoms with Gasteiger partial charge < -0.3 is 0 Å². The fourth-order valence-electron chi connectivity index (χ4n) is 3.57. The van der Waals surface area contributed by atoms with E-state index in [-0.39, 0.29) is 11.3 Å². The highest BCUT2D eigenvalue weighted by Gasteiger charge is 2.40. The van der Waals surface area contributed by atoms with Crippen LogP contribution in [0, 0.1) is 39.0 Å². The summed E-state index contributed by atoms with van der Waals surface area (Å²) >= 11 is 0. The fourth-order valence-corrected chi connectivity index (χ4v) is 3.57. The van der Waals surface area contributed by atoms with Crippen molar-refractivity contribution in [3.05, 3.63) is 33.9 Å². The van der Waals surface area contributed by atoms with Gasteiger partial charge in [0.2, 0.25) is 0 Å². The molecule has 0 spiro atoms. The highest BCUT2D eigenvalue weighted by Crippen LogP contribution is 2.45. The molecule has 1 heteroatoms. The van der Waals surface area contributed by atoms with Crippen LogP contribution >= 0.6 is 0 Å². The largest absolute Gasteiger partial charge is 0.294 e. The Hall–Kier alpha value is -1.11. The Morgan fingerprint density at radius 3 is 2.05 bits per heavy atom. The third kappa shape index (κ3) is 2.35. The molecule has 0 bridgehead atoms. The fraction of sp³-hybridized carbons (Fsp3) is 0.611. The molecule has 0 aromatic heterocycles. The van der Waals surface area contributed by atoms with Crippen molar-refractivity contribution in [2.75, 3.05) is 0 Å². The van der Waals surface area contributed by atoms with Crippen LogP contribution in [0.15, 0.2) is 6.07 Å². The number of aryl methyl sites for hydroxylation is 2. The second-order valence-corrected chi connectivity index (χ2v) is 6.93. The summed E-state index contributed by atoms with van der Waals surface area (Å²) in [6, 6.07) is 2.20. The van der Waals surface area contributed by atoms with E-state index in [1.54, 1.807) is 0 Å². The topological polar surface area (TPSA) is 17.1 Å². The lowest BCUT2D eigenvalue weighted by molar-refractivity contribution is 0.0837. The summed E-state index contributed by atoms with van der Waals surface area (Å²) < 4.78 is 0. The average molecular weight is 258 g/mol. The first-order chi connectivity index (χ1) is 8.75. The summed E-state index contributed by atoms with van der Waals surface area (Å²) in [5, 5.41) is 0. The maximum Gasteiger partial charge on any atom is 0.167 e. The van der Waals surface area contributed by atoms with Crippen molar-refractivity contribution in [1.82, 2.24) is 0 Å². The van der Waals surface area contributed by atoms with E-state index in [2.05, 4.69) is 47.6 Å². The van der Waals surface area contributed by atoms with E-state index in [9.17, 15) is 4.79 Å². The number of benzene rings is 1. The summed E-state index contributed by atoms with van der Waals surface area (Å²) in [7, 11) is 0. The minimum Gasteiger partial charge on any atom is -0.294 e. The smallest absolute Gasteiger partial charge is 0.167 e. The Labute approximate surface area is 117 Å². The van der Waals surface area contributed by atoms with Crippen LogP contribution in [-0.2, 0) is 0 Å². The molecule has 0 N–H and O–H groups in total. The van der Waals surface area contributed by atoms with Gasteiger partial charge in [0.15, 0.2) is 5.78 Å². The zero-order chi connectivity index (χ0) is 14.4. The minimum atomic E-state index is 0.160. The van der Waals surface area contributed by atoms with Gasteiger partial charge in [-0.2, -0.15) is 0 Å². The SMILES string of the molecule is Cc1cc(C)c(C)c(C(=O)C2CCCC2(C)C)c1C. The molecule has 1 aliphatic carbocycles. The van der Waals surface area contributed by atoms with Gasteiger partial charge in [-0.25, -0.2) is 0 Å². The Kier molecular flexibility index (Phi) is 3.59. The molecule has 1 fully saturated rings. The van der Waals surface area contributed by atoms with Gasteiger partial charge in [0.05, 0.1) is 0 Å². The van der Waals surface area contributed by atoms with Crippen LogP contribution in [0.3, 0.4) is 0 Å². The lowest BCUT2D eigenvalue weighted by atomic mass is 9.75. The molecule has 1 aromatic rings. The second-order valence-electron chi connectivity index (χ2n) is 6.93. The third-order valence-electron chi connectivity index (χ3n) is 5.19. The molecule has 1 nitrogen and oxygen atoms in total. The molecule has 1 aromatic carbocycles. The molecule has 0 aliphatic heterocycles. The summed E-state index contributed by atoms with van der Waals surface area (Å²) in [5.41, 5.74) is 5.99. The van der Waals surface area contributed by atoms with Crippen molar-refractivity contribution < 1.29 is 4.79 Å². The summed E-state index contributed by atoms with van der Waals surface area (Å²) in [5.74, 6) is 0.579. The first-order valence-corrected chi connectivity index (χ1v) is 7.37. The molecule has 2 rings (SSSR count). The molecule has 1 saturated carbocycles. The summed E-state index contributed by atoms with van der Waals surface area (Å²) in [6.45, 7) is 12.9. The van der Waals surface area contributed by atoms with Crippen LogP contribution in [0.1, 0.15) is 65.7 Å². The van der Waals surface area contributed by atoms with Crippen LogP contribution in [0.4, 0.5) is 0 Å². The van der Waals surface area contributed by atoms with Gasteiger partial charge in [0, 0.05) is 11.5 Å². The number of carbonyl (C=O) groups is 1.